The molecule has 1 aromatic heterocycles. The molecule has 0 spiro atoms. The van der Waals surface area contributed by atoms with E-state index in [0.717, 1.165) is 11.3 Å². The van der Waals surface area contributed by atoms with Crippen LogP contribution in [-0.4, -0.2) is 18.9 Å². The molecule has 0 saturated heterocycles. The molecule has 3 aromatic rings. The Morgan fingerprint density at radius 2 is 1.77 bits per heavy atom. The molecular weight excluding hydrogens is 380 g/mol. The van der Waals surface area contributed by atoms with E-state index in [1.165, 1.54) is 12.3 Å². The number of methoxy groups -OCH3 is 1. The summed E-state index contributed by atoms with van der Waals surface area (Å²) >= 11 is 0. The molecule has 6 nitrogen and oxygen atoms in total. The fourth-order valence-corrected chi connectivity index (χ4v) is 2.95. The van der Waals surface area contributed by atoms with Crippen LogP contribution in [0.15, 0.2) is 83.1 Å². The van der Waals surface area contributed by atoms with E-state index < -0.39 is 5.91 Å². The van der Waals surface area contributed by atoms with Gasteiger partial charge in [-0.15, -0.1) is 0 Å². The Bertz CT molecular complexity index is 993. The third kappa shape index (κ3) is 5.38. The van der Waals surface area contributed by atoms with E-state index in [1.54, 1.807) is 43.5 Å². The minimum Gasteiger partial charge on any atom is -0.497 e. The predicted octanol–water partition coefficient (Wildman–Crippen LogP) is 4.33. The molecule has 3 rings (SSSR count). The van der Waals surface area contributed by atoms with E-state index in [9.17, 15) is 9.59 Å². The Morgan fingerprint density at radius 3 is 2.37 bits per heavy atom. The number of furan rings is 1. The molecule has 2 N–H and O–H groups in total. The van der Waals surface area contributed by atoms with Crippen molar-refractivity contribution in [2.45, 2.75) is 19.4 Å². The molecule has 1 atom stereocenters. The van der Waals surface area contributed by atoms with Gasteiger partial charge >= 0.3 is 0 Å². The molecule has 1 heterocycles. The summed E-state index contributed by atoms with van der Waals surface area (Å²) in [4.78, 5) is 25.6. The van der Waals surface area contributed by atoms with Gasteiger partial charge in [-0.25, -0.2) is 0 Å². The van der Waals surface area contributed by atoms with Gasteiger partial charge in [0.05, 0.1) is 19.4 Å². The molecule has 30 heavy (non-hydrogen) atoms. The second kappa shape index (κ2) is 10.1. The Kier molecular flexibility index (Phi) is 7.05. The van der Waals surface area contributed by atoms with Crippen LogP contribution in [0.25, 0.3) is 6.08 Å². The maximum absolute atomic E-state index is 13.0. The molecule has 0 radical (unpaired) electrons. The van der Waals surface area contributed by atoms with Crippen molar-refractivity contribution in [2.75, 3.05) is 7.11 Å². The number of benzene rings is 2. The number of amides is 2. The van der Waals surface area contributed by atoms with Gasteiger partial charge in [0.15, 0.2) is 0 Å². The van der Waals surface area contributed by atoms with Crippen LogP contribution in [0.5, 0.6) is 5.75 Å². The number of carbonyl (C=O) groups is 2. The van der Waals surface area contributed by atoms with E-state index in [2.05, 4.69) is 10.6 Å². The van der Waals surface area contributed by atoms with Crippen molar-refractivity contribution in [3.8, 4) is 5.75 Å². The number of rotatable bonds is 8. The van der Waals surface area contributed by atoms with Crippen molar-refractivity contribution >= 4 is 17.9 Å². The summed E-state index contributed by atoms with van der Waals surface area (Å²) in [6.07, 6.45) is 3.70. The molecule has 6 heteroatoms. The van der Waals surface area contributed by atoms with Crippen molar-refractivity contribution in [1.29, 1.82) is 0 Å². The summed E-state index contributed by atoms with van der Waals surface area (Å²) in [7, 11) is 1.61. The lowest BCUT2D eigenvalue weighted by atomic mass is 10.0. The lowest BCUT2D eigenvalue weighted by Gasteiger charge is -2.19. The van der Waals surface area contributed by atoms with Crippen molar-refractivity contribution in [2.24, 2.45) is 0 Å². The first-order valence-corrected chi connectivity index (χ1v) is 9.67. The lowest BCUT2D eigenvalue weighted by molar-refractivity contribution is -0.118. The van der Waals surface area contributed by atoms with Crippen LogP contribution < -0.4 is 15.4 Å². The predicted molar refractivity (Wildman–Crippen MR) is 115 cm³/mol. The van der Waals surface area contributed by atoms with Gasteiger partial charge in [0.1, 0.15) is 17.2 Å². The second-order valence-corrected chi connectivity index (χ2v) is 6.60. The lowest BCUT2D eigenvalue weighted by Crippen LogP contribution is -2.36. The fraction of sp³-hybridized carbons (Fsp3) is 0.167. The van der Waals surface area contributed by atoms with Gasteiger partial charge in [0, 0.05) is 11.6 Å². The number of nitrogens with one attached hydrogen (secondary N) is 2. The van der Waals surface area contributed by atoms with Gasteiger partial charge in [-0.05, 0) is 48.4 Å². The van der Waals surface area contributed by atoms with E-state index >= 15 is 0 Å². The maximum Gasteiger partial charge on any atom is 0.268 e. The molecule has 0 aliphatic carbocycles. The maximum atomic E-state index is 13.0. The van der Waals surface area contributed by atoms with Crippen LogP contribution in [0.3, 0.4) is 0 Å². The summed E-state index contributed by atoms with van der Waals surface area (Å²) in [5, 5.41) is 5.69. The van der Waals surface area contributed by atoms with Crippen molar-refractivity contribution in [3.05, 3.63) is 95.6 Å². The largest absolute Gasteiger partial charge is 0.497 e. The fourth-order valence-electron chi connectivity index (χ4n) is 2.95. The topological polar surface area (TPSA) is 80.6 Å². The van der Waals surface area contributed by atoms with Gasteiger partial charge in [0.25, 0.3) is 11.8 Å². The van der Waals surface area contributed by atoms with Gasteiger partial charge < -0.3 is 19.8 Å². The molecule has 0 aliphatic heterocycles. The molecule has 0 aliphatic rings. The summed E-state index contributed by atoms with van der Waals surface area (Å²) in [6, 6.07) is 19.4. The van der Waals surface area contributed by atoms with Crippen LogP contribution in [0.4, 0.5) is 0 Å². The standard InChI is InChI=1S/C24H24N2O4/c1-3-21(17-11-13-19(29-2)14-12-17)25-24(28)22(16-20-10-7-15-30-20)26-23(27)18-8-5-4-6-9-18/h4-16,21H,3H2,1-2H3,(H,25,28)(H,26,27)/b22-16-. The van der Waals surface area contributed by atoms with E-state index in [0.29, 0.717) is 17.7 Å². The van der Waals surface area contributed by atoms with Crippen molar-refractivity contribution in [1.82, 2.24) is 10.6 Å². The smallest absolute Gasteiger partial charge is 0.268 e. The third-order valence-corrected chi connectivity index (χ3v) is 4.59. The Labute approximate surface area is 175 Å². The highest BCUT2D eigenvalue weighted by molar-refractivity contribution is 6.05. The minimum atomic E-state index is -0.404. The quantitative estimate of drug-likeness (QED) is 0.548. The monoisotopic (exact) mass is 404 g/mol. The molecular formula is C24H24N2O4. The molecule has 154 valence electrons. The van der Waals surface area contributed by atoms with Gasteiger partial charge in [-0.1, -0.05) is 37.3 Å². The third-order valence-electron chi connectivity index (χ3n) is 4.59. The minimum absolute atomic E-state index is 0.103. The molecule has 2 aromatic carbocycles. The Balaban J connectivity index is 1.81. The normalized spacial score (nSPS) is 12.1. The first-order valence-electron chi connectivity index (χ1n) is 9.67. The van der Waals surface area contributed by atoms with Crippen molar-refractivity contribution < 1.29 is 18.7 Å². The van der Waals surface area contributed by atoms with Crippen molar-refractivity contribution in [3.63, 3.8) is 0 Å². The van der Waals surface area contributed by atoms with Crippen LogP contribution in [0, 0.1) is 0 Å². The van der Waals surface area contributed by atoms with Crippen LogP contribution in [-0.2, 0) is 4.79 Å². The van der Waals surface area contributed by atoms with Crippen LogP contribution in [0.1, 0.15) is 41.1 Å². The van der Waals surface area contributed by atoms with Gasteiger partial charge in [0.2, 0.25) is 0 Å². The number of carbonyl (C=O) groups excluding carboxylic acids is 2. The van der Waals surface area contributed by atoms with Gasteiger partial charge in [-0.3, -0.25) is 9.59 Å². The van der Waals surface area contributed by atoms with E-state index in [1.807, 2.05) is 37.3 Å². The highest BCUT2D eigenvalue weighted by Crippen LogP contribution is 2.20. The summed E-state index contributed by atoms with van der Waals surface area (Å²) < 4.78 is 10.5. The Morgan fingerprint density at radius 1 is 1.03 bits per heavy atom. The van der Waals surface area contributed by atoms with E-state index in [4.69, 9.17) is 9.15 Å². The highest BCUT2D eigenvalue weighted by atomic mass is 16.5. The Hall–Kier alpha value is -3.80. The number of hydrogen-bond acceptors (Lipinski definition) is 4. The second-order valence-electron chi connectivity index (χ2n) is 6.60. The summed E-state index contributed by atoms with van der Waals surface area (Å²) in [6.45, 7) is 1.98. The van der Waals surface area contributed by atoms with E-state index in [-0.39, 0.29) is 17.6 Å². The van der Waals surface area contributed by atoms with Crippen LogP contribution in [0.2, 0.25) is 0 Å². The van der Waals surface area contributed by atoms with Gasteiger partial charge in [-0.2, -0.15) is 0 Å². The van der Waals surface area contributed by atoms with Crippen LogP contribution >= 0.6 is 0 Å². The molecule has 1 unspecified atom stereocenters. The zero-order valence-corrected chi connectivity index (χ0v) is 16.9. The zero-order chi connectivity index (χ0) is 21.3. The summed E-state index contributed by atoms with van der Waals surface area (Å²) in [5.41, 5.74) is 1.50. The molecule has 2 amide bonds. The average Bonchev–Trinajstić information content (AvgIpc) is 3.30. The molecule has 0 bridgehead atoms. The molecule has 0 fully saturated rings. The average molecular weight is 404 g/mol. The first kappa shape index (κ1) is 20.9. The highest BCUT2D eigenvalue weighted by Gasteiger charge is 2.19. The number of hydrogen-bond donors (Lipinski definition) is 2. The molecule has 0 saturated carbocycles. The first-order chi connectivity index (χ1) is 14.6. The number of ether oxygens (including phenoxy) is 1. The SMILES string of the molecule is CCC(NC(=O)/C(=C/c1ccco1)NC(=O)c1ccccc1)c1ccc(OC)cc1. The zero-order valence-electron chi connectivity index (χ0n) is 16.9. The summed E-state index contributed by atoms with van der Waals surface area (Å²) in [5.74, 6) is 0.430.